The maximum absolute atomic E-state index is 13.9. The number of fused-ring (bicyclic) bond motifs is 4. The summed E-state index contributed by atoms with van der Waals surface area (Å²) in [5.74, 6) is -1.50. The fourth-order valence-electron chi connectivity index (χ4n) is 3.00. The van der Waals surface area contributed by atoms with Crippen molar-refractivity contribution in [2.75, 3.05) is 13.2 Å². The number of benzene rings is 1. The molecule has 114 valence electrons. The Morgan fingerprint density at radius 2 is 2.29 bits per heavy atom. The van der Waals surface area contributed by atoms with Gasteiger partial charge in [0.05, 0.1) is 6.04 Å². The van der Waals surface area contributed by atoms with Crippen molar-refractivity contribution in [3.8, 4) is 5.75 Å². The first-order valence-corrected chi connectivity index (χ1v) is 6.81. The molecule has 0 aromatic heterocycles. The lowest BCUT2D eigenvalue weighted by Crippen LogP contribution is -2.65. The normalized spacial score (nSPS) is 27.0. The summed E-state index contributed by atoms with van der Waals surface area (Å²) in [7, 11) is 0. The van der Waals surface area contributed by atoms with Crippen LogP contribution in [0.2, 0.25) is 0 Å². The lowest BCUT2D eigenvalue weighted by Gasteiger charge is -2.50. The molecule has 0 spiro atoms. The average Bonchev–Trinajstić information content (AvgIpc) is 2.40. The minimum Gasteiger partial charge on any atom is -0.465 e. The predicted octanol–water partition coefficient (Wildman–Crippen LogP) is 1.91. The number of hydrogen-bond acceptors (Lipinski definition) is 3. The zero-order chi connectivity index (χ0) is 15.2. The zero-order valence-electron chi connectivity index (χ0n) is 11.5. The maximum atomic E-state index is 13.9. The Balaban J connectivity index is 2.01. The number of urea groups is 1. The van der Waals surface area contributed by atoms with Crippen LogP contribution in [0.1, 0.15) is 31.4 Å². The third kappa shape index (κ3) is 2.21. The van der Waals surface area contributed by atoms with Crippen LogP contribution >= 0.6 is 0 Å². The van der Waals surface area contributed by atoms with E-state index in [2.05, 4.69) is 5.32 Å². The molecule has 2 amide bonds. The summed E-state index contributed by atoms with van der Waals surface area (Å²) in [4.78, 5) is 13.6. The molecule has 2 heterocycles. The van der Waals surface area contributed by atoms with Crippen molar-refractivity contribution >= 4 is 6.03 Å². The molecule has 2 N–H and O–H groups in total. The summed E-state index contributed by atoms with van der Waals surface area (Å²) in [5.41, 5.74) is -0.687. The van der Waals surface area contributed by atoms with Crippen LogP contribution in [-0.4, -0.2) is 34.9 Å². The second-order valence-electron chi connectivity index (χ2n) is 5.52. The lowest BCUT2D eigenvalue weighted by atomic mass is 9.90. The number of nitrogens with zero attached hydrogens (tertiary/aromatic N) is 1. The van der Waals surface area contributed by atoms with Gasteiger partial charge in [-0.2, -0.15) is 0 Å². The first-order chi connectivity index (χ1) is 9.94. The highest BCUT2D eigenvalue weighted by Gasteiger charge is 2.49. The van der Waals surface area contributed by atoms with Gasteiger partial charge in [0, 0.05) is 31.2 Å². The van der Waals surface area contributed by atoms with Crippen molar-refractivity contribution in [2.45, 2.75) is 31.5 Å². The van der Waals surface area contributed by atoms with Gasteiger partial charge in [0.1, 0.15) is 5.82 Å². The maximum Gasteiger partial charge on any atom is 0.320 e. The number of rotatable bonds is 3. The van der Waals surface area contributed by atoms with Crippen LogP contribution in [0.3, 0.4) is 0 Å². The van der Waals surface area contributed by atoms with Crippen LogP contribution in [0.5, 0.6) is 5.75 Å². The number of aliphatic hydroxyl groups is 1. The fourth-order valence-corrected chi connectivity index (χ4v) is 3.00. The van der Waals surface area contributed by atoms with Crippen molar-refractivity contribution < 1.29 is 23.4 Å². The summed E-state index contributed by atoms with van der Waals surface area (Å²) in [6.07, 6.45) is 0.788. The second kappa shape index (κ2) is 4.84. The summed E-state index contributed by atoms with van der Waals surface area (Å²) >= 11 is 0. The third-order valence-electron chi connectivity index (χ3n) is 3.97. The quantitative estimate of drug-likeness (QED) is 0.896. The highest BCUT2D eigenvalue weighted by atomic mass is 19.1. The minimum atomic E-state index is -1.01. The van der Waals surface area contributed by atoms with Crippen LogP contribution in [-0.2, 0) is 0 Å². The van der Waals surface area contributed by atoms with Crippen LogP contribution in [0, 0.1) is 11.6 Å². The Morgan fingerprint density at radius 1 is 1.52 bits per heavy atom. The van der Waals surface area contributed by atoms with Gasteiger partial charge in [-0.3, -0.25) is 4.90 Å². The van der Waals surface area contributed by atoms with Crippen LogP contribution in [0.4, 0.5) is 13.6 Å². The van der Waals surface area contributed by atoms with E-state index in [0.29, 0.717) is 24.9 Å². The van der Waals surface area contributed by atoms with E-state index in [0.717, 1.165) is 6.07 Å². The molecule has 7 heteroatoms. The molecule has 0 saturated carbocycles. The second-order valence-corrected chi connectivity index (χ2v) is 5.52. The predicted molar refractivity (Wildman–Crippen MR) is 69.7 cm³/mol. The summed E-state index contributed by atoms with van der Waals surface area (Å²) in [6.45, 7) is 1.94. The van der Waals surface area contributed by atoms with Crippen LogP contribution in [0.15, 0.2) is 12.1 Å². The number of carbonyl (C=O) groups excluding carboxylic acids is 1. The van der Waals surface area contributed by atoms with E-state index >= 15 is 0 Å². The molecular weight excluding hydrogens is 282 g/mol. The Morgan fingerprint density at radius 3 is 3.00 bits per heavy atom. The van der Waals surface area contributed by atoms with Gasteiger partial charge in [0.25, 0.3) is 0 Å². The molecule has 3 rings (SSSR count). The molecule has 2 aliphatic heterocycles. The highest BCUT2D eigenvalue weighted by molar-refractivity contribution is 5.77. The molecule has 2 unspecified atom stereocenters. The minimum absolute atomic E-state index is 0.0239. The van der Waals surface area contributed by atoms with E-state index < -0.39 is 23.4 Å². The van der Waals surface area contributed by atoms with Crippen molar-refractivity contribution in [3.63, 3.8) is 0 Å². The Labute approximate surface area is 120 Å². The number of halogens is 2. The summed E-state index contributed by atoms with van der Waals surface area (Å²) in [5, 5.41) is 11.7. The largest absolute Gasteiger partial charge is 0.465 e. The first-order valence-electron chi connectivity index (χ1n) is 6.81. The van der Waals surface area contributed by atoms with Gasteiger partial charge in [0.15, 0.2) is 17.3 Å². The Hall–Kier alpha value is -1.89. The van der Waals surface area contributed by atoms with E-state index in [9.17, 15) is 13.6 Å². The Kier molecular flexibility index (Phi) is 3.24. The Bertz CT molecular complexity index is 596. The van der Waals surface area contributed by atoms with Gasteiger partial charge >= 0.3 is 6.03 Å². The molecule has 1 saturated heterocycles. The van der Waals surface area contributed by atoms with Gasteiger partial charge in [-0.15, -0.1) is 0 Å². The third-order valence-corrected chi connectivity index (χ3v) is 3.97. The number of ether oxygens (including phenoxy) is 1. The van der Waals surface area contributed by atoms with Gasteiger partial charge < -0.3 is 15.2 Å². The highest BCUT2D eigenvalue weighted by Crippen LogP contribution is 2.45. The molecule has 2 aliphatic rings. The van der Waals surface area contributed by atoms with Gasteiger partial charge in [-0.1, -0.05) is 0 Å². The van der Waals surface area contributed by atoms with Gasteiger partial charge in [-0.25, -0.2) is 13.6 Å². The number of aliphatic hydroxyl groups excluding tert-OH is 1. The van der Waals surface area contributed by atoms with E-state index in [4.69, 9.17) is 9.84 Å². The SMILES string of the molecule is CC12CC(NC(=O)N1CCCO)c1cc(F)cc(F)c1O2. The van der Waals surface area contributed by atoms with Crippen molar-refractivity contribution in [1.82, 2.24) is 10.2 Å². The number of amides is 2. The molecule has 0 radical (unpaired) electrons. The van der Waals surface area contributed by atoms with Crippen molar-refractivity contribution in [1.29, 1.82) is 0 Å². The molecular formula is C14H16F2N2O3. The van der Waals surface area contributed by atoms with E-state index in [-0.39, 0.29) is 18.4 Å². The zero-order valence-corrected chi connectivity index (χ0v) is 11.5. The molecule has 5 nitrogen and oxygen atoms in total. The summed E-state index contributed by atoms with van der Waals surface area (Å²) in [6, 6.07) is 1.11. The monoisotopic (exact) mass is 298 g/mol. The number of nitrogens with one attached hydrogen (secondary N) is 1. The average molecular weight is 298 g/mol. The van der Waals surface area contributed by atoms with Crippen LogP contribution in [0.25, 0.3) is 0 Å². The molecule has 0 aliphatic carbocycles. The van der Waals surface area contributed by atoms with E-state index in [1.165, 1.54) is 11.0 Å². The van der Waals surface area contributed by atoms with Crippen molar-refractivity contribution in [3.05, 3.63) is 29.3 Å². The molecule has 1 aromatic carbocycles. The number of hydrogen-bond donors (Lipinski definition) is 2. The first kappa shape index (κ1) is 14.1. The molecule has 1 fully saturated rings. The standard InChI is InChI=1S/C14H16F2N2O3/c1-14-7-11(17-13(20)18(14)3-2-4-19)9-5-8(15)6-10(16)12(9)21-14/h5-6,11,19H,2-4,7H2,1H3,(H,17,20). The van der Waals surface area contributed by atoms with Crippen LogP contribution < -0.4 is 10.1 Å². The van der Waals surface area contributed by atoms with Crippen molar-refractivity contribution in [2.24, 2.45) is 0 Å². The number of carbonyl (C=O) groups is 1. The fraction of sp³-hybridized carbons (Fsp3) is 0.500. The molecule has 2 bridgehead atoms. The van der Waals surface area contributed by atoms with E-state index in [1.54, 1.807) is 6.92 Å². The lowest BCUT2D eigenvalue weighted by molar-refractivity contribution is -0.0873. The topological polar surface area (TPSA) is 61.8 Å². The van der Waals surface area contributed by atoms with E-state index in [1.807, 2.05) is 0 Å². The summed E-state index contributed by atoms with van der Waals surface area (Å²) < 4.78 is 33.0. The van der Waals surface area contributed by atoms with Gasteiger partial charge in [-0.05, 0) is 19.4 Å². The molecule has 1 aromatic rings. The van der Waals surface area contributed by atoms with Gasteiger partial charge in [0.2, 0.25) is 0 Å². The smallest absolute Gasteiger partial charge is 0.320 e. The molecule has 21 heavy (non-hydrogen) atoms. The molecule has 2 atom stereocenters.